The number of halogens is 3. The van der Waals surface area contributed by atoms with E-state index in [1.807, 2.05) is 19.2 Å². The van der Waals surface area contributed by atoms with E-state index in [2.05, 4.69) is 10.3 Å². The van der Waals surface area contributed by atoms with Crippen LogP contribution < -0.4 is 5.32 Å². The summed E-state index contributed by atoms with van der Waals surface area (Å²) in [5, 5.41) is 5.90. The third-order valence-electron chi connectivity index (χ3n) is 2.36. The largest absolute Gasteiger partial charge is 0.389 e. The molecule has 0 spiro atoms. The van der Waals surface area contributed by atoms with Crippen LogP contribution in [-0.2, 0) is 6.42 Å². The van der Waals surface area contributed by atoms with Crippen LogP contribution in [-0.4, -0.2) is 23.7 Å². The normalized spacial score (nSPS) is 13.9. The second-order valence-electron chi connectivity index (χ2n) is 4.00. The number of thiazole rings is 1. The van der Waals surface area contributed by atoms with Gasteiger partial charge in [0.1, 0.15) is 0 Å². The first kappa shape index (κ1) is 14.4. The summed E-state index contributed by atoms with van der Waals surface area (Å²) in [6.45, 7) is 4.46. The van der Waals surface area contributed by atoms with Gasteiger partial charge in [0.2, 0.25) is 0 Å². The average Bonchev–Trinajstić information content (AvgIpc) is 2.60. The Bertz CT molecular complexity index is 336. The first-order valence-electron chi connectivity index (χ1n) is 5.62. The zero-order chi connectivity index (χ0) is 12.9. The van der Waals surface area contributed by atoms with Crippen LogP contribution in [0.15, 0.2) is 5.38 Å². The number of likely N-dealkylation sites (N-methyl/N-ethyl adjacent to an activating group) is 1. The Morgan fingerprint density at radius 3 is 2.65 bits per heavy atom. The molecule has 1 aromatic rings. The van der Waals surface area contributed by atoms with E-state index >= 15 is 0 Å². The van der Waals surface area contributed by atoms with Gasteiger partial charge in [0.05, 0.1) is 5.01 Å². The van der Waals surface area contributed by atoms with Crippen LogP contribution in [0.4, 0.5) is 13.2 Å². The van der Waals surface area contributed by atoms with Crippen LogP contribution in [0.2, 0.25) is 0 Å². The van der Waals surface area contributed by atoms with Crippen molar-refractivity contribution in [3.63, 3.8) is 0 Å². The molecule has 1 atom stereocenters. The molecule has 1 rings (SSSR count). The number of nitrogens with one attached hydrogen (secondary N) is 1. The molecular weight excluding hydrogens is 249 g/mol. The molecule has 1 N–H and O–H groups in total. The molecule has 0 aliphatic heterocycles. The van der Waals surface area contributed by atoms with Crippen LogP contribution in [0, 0.1) is 6.92 Å². The highest BCUT2D eigenvalue weighted by atomic mass is 32.1. The molecule has 0 aliphatic rings. The lowest BCUT2D eigenvalue weighted by atomic mass is 10.1. The van der Waals surface area contributed by atoms with Crippen molar-refractivity contribution in [3.8, 4) is 0 Å². The molecule has 17 heavy (non-hydrogen) atoms. The van der Waals surface area contributed by atoms with E-state index in [0.717, 1.165) is 10.7 Å². The number of hydrogen-bond donors (Lipinski definition) is 1. The maximum atomic E-state index is 12.2. The smallest absolute Gasteiger partial charge is 0.314 e. The number of hydrogen-bond acceptors (Lipinski definition) is 3. The van der Waals surface area contributed by atoms with Crippen molar-refractivity contribution in [1.82, 2.24) is 10.3 Å². The predicted molar refractivity (Wildman–Crippen MR) is 63.3 cm³/mol. The minimum absolute atomic E-state index is 0.107. The van der Waals surface area contributed by atoms with E-state index in [4.69, 9.17) is 0 Å². The van der Waals surface area contributed by atoms with Crippen molar-refractivity contribution >= 4 is 11.3 Å². The molecule has 0 fully saturated rings. The second kappa shape index (κ2) is 6.35. The molecule has 1 aromatic heterocycles. The van der Waals surface area contributed by atoms with Crippen molar-refractivity contribution in [2.75, 3.05) is 6.54 Å². The van der Waals surface area contributed by atoms with Crippen molar-refractivity contribution < 1.29 is 13.2 Å². The zero-order valence-corrected chi connectivity index (χ0v) is 10.8. The van der Waals surface area contributed by atoms with E-state index in [9.17, 15) is 13.2 Å². The van der Waals surface area contributed by atoms with Gasteiger partial charge in [0.15, 0.2) is 0 Å². The van der Waals surface area contributed by atoms with Crippen LogP contribution in [0.25, 0.3) is 0 Å². The average molecular weight is 266 g/mol. The maximum Gasteiger partial charge on any atom is 0.389 e. The van der Waals surface area contributed by atoms with E-state index in [1.54, 1.807) is 0 Å². The molecule has 0 radical (unpaired) electrons. The van der Waals surface area contributed by atoms with Gasteiger partial charge in [-0.15, -0.1) is 11.3 Å². The van der Waals surface area contributed by atoms with E-state index in [-0.39, 0.29) is 12.5 Å². The third-order valence-corrected chi connectivity index (χ3v) is 3.35. The summed E-state index contributed by atoms with van der Waals surface area (Å²) in [7, 11) is 0. The summed E-state index contributed by atoms with van der Waals surface area (Å²) in [5.74, 6) is 0. The van der Waals surface area contributed by atoms with E-state index in [0.29, 0.717) is 13.0 Å². The number of aryl methyl sites for hydroxylation is 1. The van der Waals surface area contributed by atoms with Crippen LogP contribution >= 0.6 is 11.3 Å². The van der Waals surface area contributed by atoms with Crippen molar-refractivity contribution in [2.24, 2.45) is 0 Å². The minimum Gasteiger partial charge on any atom is -0.314 e. The molecule has 98 valence electrons. The second-order valence-corrected chi connectivity index (χ2v) is 4.94. The summed E-state index contributed by atoms with van der Waals surface area (Å²) in [6.07, 6.45) is -4.14. The lowest BCUT2D eigenvalue weighted by Crippen LogP contribution is -2.32. The molecule has 0 bridgehead atoms. The monoisotopic (exact) mass is 266 g/mol. The molecule has 1 unspecified atom stereocenters. The van der Waals surface area contributed by atoms with Gasteiger partial charge in [-0.2, -0.15) is 13.2 Å². The topological polar surface area (TPSA) is 24.9 Å². The fraction of sp³-hybridized carbons (Fsp3) is 0.727. The maximum absolute atomic E-state index is 12.2. The molecular formula is C11H17F3N2S. The molecule has 0 aromatic carbocycles. The summed E-state index contributed by atoms with van der Waals surface area (Å²) in [4.78, 5) is 4.27. The highest BCUT2D eigenvalue weighted by Gasteiger charge is 2.28. The van der Waals surface area contributed by atoms with Crippen LogP contribution in [0.3, 0.4) is 0 Å². The quantitative estimate of drug-likeness (QED) is 0.854. The summed E-state index contributed by atoms with van der Waals surface area (Å²) in [5.41, 5.74) is 0.927. The highest BCUT2D eigenvalue weighted by Crippen LogP contribution is 2.23. The minimum atomic E-state index is -4.08. The van der Waals surface area contributed by atoms with E-state index in [1.165, 1.54) is 11.3 Å². The van der Waals surface area contributed by atoms with Crippen LogP contribution in [0.1, 0.15) is 30.5 Å². The first-order chi connectivity index (χ1) is 7.90. The Morgan fingerprint density at radius 2 is 2.18 bits per heavy atom. The van der Waals surface area contributed by atoms with Gasteiger partial charge in [-0.3, -0.25) is 0 Å². The molecule has 2 nitrogen and oxygen atoms in total. The van der Waals surface area contributed by atoms with Gasteiger partial charge < -0.3 is 5.32 Å². The molecule has 0 saturated carbocycles. The fourth-order valence-corrected chi connectivity index (χ4v) is 2.46. The summed E-state index contributed by atoms with van der Waals surface area (Å²) in [6, 6.07) is -0.146. The van der Waals surface area contributed by atoms with Gasteiger partial charge in [-0.1, -0.05) is 6.92 Å². The van der Waals surface area contributed by atoms with Gasteiger partial charge in [0, 0.05) is 30.0 Å². The summed E-state index contributed by atoms with van der Waals surface area (Å²) < 4.78 is 36.5. The number of aromatic nitrogens is 1. The van der Waals surface area contributed by atoms with Crippen molar-refractivity contribution in [2.45, 2.75) is 45.3 Å². The Kier molecular flexibility index (Phi) is 5.39. The summed E-state index contributed by atoms with van der Waals surface area (Å²) >= 11 is 1.50. The Hall–Kier alpha value is -0.620. The van der Waals surface area contributed by atoms with E-state index < -0.39 is 12.6 Å². The fourth-order valence-electron chi connectivity index (χ4n) is 1.61. The molecule has 0 amide bonds. The standard InChI is InChI=1S/C11H17F3N2S/c1-3-15-9(4-5-11(12,13)14)6-10-16-8(2)7-17-10/h7,9,15H,3-6H2,1-2H3. The Morgan fingerprint density at radius 1 is 1.47 bits per heavy atom. The molecule has 6 heteroatoms. The Balaban J connectivity index is 2.48. The number of alkyl halides is 3. The number of nitrogens with zero attached hydrogens (tertiary/aromatic N) is 1. The molecule has 0 saturated heterocycles. The van der Waals surface area contributed by atoms with Crippen molar-refractivity contribution in [3.05, 3.63) is 16.1 Å². The molecule has 0 aliphatic carbocycles. The lowest BCUT2D eigenvalue weighted by Gasteiger charge is -2.17. The molecule has 1 heterocycles. The predicted octanol–water partition coefficient (Wildman–Crippen LogP) is 3.31. The van der Waals surface area contributed by atoms with Gasteiger partial charge >= 0.3 is 6.18 Å². The SMILES string of the molecule is CCNC(CCC(F)(F)F)Cc1nc(C)cs1. The lowest BCUT2D eigenvalue weighted by molar-refractivity contribution is -0.136. The Labute approximate surface area is 103 Å². The van der Waals surface area contributed by atoms with Crippen molar-refractivity contribution in [1.29, 1.82) is 0 Å². The third kappa shape index (κ3) is 6.02. The highest BCUT2D eigenvalue weighted by molar-refractivity contribution is 7.09. The first-order valence-corrected chi connectivity index (χ1v) is 6.50. The van der Waals surface area contributed by atoms with Gasteiger partial charge in [-0.25, -0.2) is 4.98 Å². The van der Waals surface area contributed by atoms with Crippen LogP contribution in [0.5, 0.6) is 0 Å². The zero-order valence-electron chi connectivity index (χ0n) is 9.97. The van der Waals surface area contributed by atoms with Gasteiger partial charge in [0.25, 0.3) is 0 Å². The number of rotatable bonds is 6. The van der Waals surface area contributed by atoms with Gasteiger partial charge in [-0.05, 0) is 19.9 Å².